The van der Waals surface area contributed by atoms with Crippen molar-refractivity contribution in [2.24, 2.45) is 0 Å². The quantitative estimate of drug-likeness (QED) is 0.548. The van der Waals surface area contributed by atoms with Gasteiger partial charge in [0.15, 0.2) is 0 Å². The normalized spacial score (nSPS) is 27.2. The Hall–Kier alpha value is -2.32. The SMILES string of the molecule is C#CCN(CC#C)C(=O)[C@@H]1N2C(=O)[C@@H](NC(=O)O)[C@H]2SC1(C)C. The fourth-order valence-electron chi connectivity index (χ4n) is 2.88. The van der Waals surface area contributed by atoms with E-state index in [9.17, 15) is 14.4 Å². The van der Waals surface area contributed by atoms with E-state index in [0.717, 1.165) is 0 Å². The lowest BCUT2D eigenvalue weighted by Gasteiger charge is -2.44. The molecule has 23 heavy (non-hydrogen) atoms. The van der Waals surface area contributed by atoms with E-state index in [4.69, 9.17) is 18.0 Å². The Morgan fingerprint density at radius 2 is 1.96 bits per heavy atom. The van der Waals surface area contributed by atoms with Crippen LogP contribution >= 0.6 is 11.8 Å². The number of nitrogens with one attached hydrogen (secondary N) is 1. The Labute approximate surface area is 138 Å². The van der Waals surface area contributed by atoms with Gasteiger partial charge >= 0.3 is 6.09 Å². The van der Waals surface area contributed by atoms with Gasteiger partial charge in [-0.15, -0.1) is 24.6 Å². The van der Waals surface area contributed by atoms with Gasteiger partial charge in [-0.1, -0.05) is 11.8 Å². The molecule has 0 radical (unpaired) electrons. The smallest absolute Gasteiger partial charge is 0.405 e. The van der Waals surface area contributed by atoms with E-state index in [1.54, 1.807) is 0 Å². The Balaban J connectivity index is 2.24. The first-order valence-electron chi connectivity index (χ1n) is 6.89. The highest BCUT2D eigenvalue weighted by atomic mass is 32.2. The van der Waals surface area contributed by atoms with Crippen molar-refractivity contribution in [2.75, 3.05) is 13.1 Å². The van der Waals surface area contributed by atoms with Gasteiger partial charge in [-0.2, -0.15) is 0 Å². The van der Waals surface area contributed by atoms with E-state index in [-0.39, 0.29) is 19.0 Å². The van der Waals surface area contributed by atoms with Crippen LogP contribution in [0.5, 0.6) is 0 Å². The predicted octanol–water partition coefficient (Wildman–Crippen LogP) is -0.220. The average Bonchev–Trinajstić information content (AvgIpc) is 2.72. The number of nitrogens with zero attached hydrogens (tertiary/aromatic N) is 2. The first kappa shape index (κ1) is 17.0. The molecule has 0 aliphatic carbocycles. The number of amides is 3. The minimum Gasteiger partial charge on any atom is -0.465 e. The van der Waals surface area contributed by atoms with E-state index >= 15 is 0 Å². The Bertz CT molecular complexity index is 618. The second-order valence-electron chi connectivity index (χ2n) is 5.79. The summed E-state index contributed by atoms with van der Waals surface area (Å²) in [7, 11) is 0. The van der Waals surface area contributed by atoms with Gasteiger partial charge in [-0.25, -0.2) is 4.79 Å². The molecule has 0 unspecified atom stereocenters. The highest BCUT2D eigenvalue weighted by Gasteiger charge is 2.64. The summed E-state index contributed by atoms with van der Waals surface area (Å²) in [6.07, 6.45) is 9.27. The summed E-state index contributed by atoms with van der Waals surface area (Å²) in [4.78, 5) is 38.6. The largest absolute Gasteiger partial charge is 0.465 e. The van der Waals surface area contributed by atoms with Crippen LogP contribution in [0.4, 0.5) is 4.79 Å². The van der Waals surface area contributed by atoms with E-state index < -0.39 is 34.2 Å². The van der Waals surface area contributed by atoms with Crippen LogP contribution in [0, 0.1) is 24.7 Å². The standard InChI is InChI=1S/C15H17N3O4S/c1-5-7-17(8-6-2)12(20)10-15(3,4)23-13-9(16-14(21)22)11(19)18(10)13/h1-2,9-10,13,16H,7-8H2,3-4H3,(H,21,22)/t9-,10+,13-/m1/s1. The molecule has 122 valence electrons. The highest BCUT2D eigenvalue weighted by Crippen LogP contribution is 2.51. The van der Waals surface area contributed by atoms with E-state index in [1.807, 2.05) is 13.8 Å². The number of hydrogen-bond donors (Lipinski definition) is 2. The second-order valence-corrected chi connectivity index (χ2v) is 7.56. The van der Waals surface area contributed by atoms with E-state index in [1.165, 1.54) is 21.6 Å². The van der Waals surface area contributed by atoms with Crippen molar-refractivity contribution in [1.82, 2.24) is 15.1 Å². The van der Waals surface area contributed by atoms with Crippen LogP contribution in [-0.2, 0) is 9.59 Å². The zero-order valence-corrected chi connectivity index (χ0v) is 13.6. The number of carbonyl (C=O) groups excluding carboxylic acids is 2. The number of carboxylic acid groups (broad SMARTS) is 1. The minimum atomic E-state index is -1.27. The molecule has 0 spiro atoms. The zero-order chi connectivity index (χ0) is 17.4. The lowest BCUT2D eigenvalue weighted by atomic mass is 9.94. The average molecular weight is 335 g/mol. The van der Waals surface area contributed by atoms with Crippen molar-refractivity contribution in [3.63, 3.8) is 0 Å². The van der Waals surface area contributed by atoms with Crippen LogP contribution in [0.2, 0.25) is 0 Å². The molecule has 3 atom stereocenters. The molecule has 8 heteroatoms. The van der Waals surface area contributed by atoms with Gasteiger partial charge in [0.25, 0.3) is 0 Å². The number of β-lactam (4-membered cyclic amide) rings is 1. The van der Waals surface area contributed by atoms with E-state index in [2.05, 4.69) is 17.2 Å². The fraction of sp³-hybridized carbons (Fsp3) is 0.533. The first-order valence-corrected chi connectivity index (χ1v) is 7.77. The molecule has 0 saturated carbocycles. The summed E-state index contributed by atoms with van der Waals surface area (Å²) in [5.41, 5.74) is 0. The maximum Gasteiger partial charge on any atom is 0.405 e. The zero-order valence-electron chi connectivity index (χ0n) is 12.8. The Kier molecular flexibility index (Phi) is 4.49. The first-order chi connectivity index (χ1) is 10.7. The summed E-state index contributed by atoms with van der Waals surface area (Å²) in [6.45, 7) is 3.80. The van der Waals surface area contributed by atoms with Crippen molar-refractivity contribution in [3.05, 3.63) is 0 Å². The summed E-state index contributed by atoms with van der Waals surface area (Å²) in [5.74, 6) is 4.04. The summed E-state index contributed by atoms with van der Waals surface area (Å²) in [6, 6.07) is -1.55. The van der Waals surface area contributed by atoms with Crippen molar-refractivity contribution in [1.29, 1.82) is 0 Å². The molecule has 2 rings (SSSR count). The van der Waals surface area contributed by atoms with Gasteiger partial charge in [-0.3, -0.25) is 9.59 Å². The molecule has 0 aromatic carbocycles. The summed E-state index contributed by atoms with van der Waals surface area (Å²) in [5, 5.41) is 10.6. The Morgan fingerprint density at radius 3 is 2.43 bits per heavy atom. The van der Waals surface area contributed by atoms with Crippen molar-refractivity contribution in [3.8, 4) is 24.7 Å². The summed E-state index contributed by atoms with van der Waals surface area (Å²) < 4.78 is -0.576. The van der Waals surface area contributed by atoms with Gasteiger partial charge in [0.05, 0.1) is 13.1 Å². The molecule has 2 aliphatic rings. The van der Waals surface area contributed by atoms with Crippen LogP contribution in [0.25, 0.3) is 0 Å². The molecule has 2 fully saturated rings. The minimum absolute atomic E-state index is 0.0593. The molecule has 7 nitrogen and oxygen atoms in total. The Morgan fingerprint density at radius 1 is 1.39 bits per heavy atom. The molecule has 2 aliphatic heterocycles. The number of fused-ring (bicyclic) bond motifs is 1. The summed E-state index contributed by atoms with van der Waals surface area (Å²) >= 11 is 1.39. The number of hydrogen-bond acceptors (Lipinski definition) is 4. The monoisotopic (exact) mass is 335 g/mol. The lowest BCUT2D eigenvalue weighted by Crippen LogP contribution is -2.71. The number of carbonyl (C=O) groups is 3. The van der Waals surface area contributed by atoms with Crippen molar-refractivity contribution >= 4 is 29.7 Å². The predicted molar refractivity (Wildman–Crippen MR) is 85.3 cm³/mol. The third-order valence-electron chi connectivity index (χ3n) is 3.83. The maximum absolute atomic E-state index is 12.8. The molecular weight excluding hydrogens is 318 g/mol. The molecule has 0 bridgehead atoms. The molecule has 0 aromatic heterocycles. The van der Waals surface area contributed by atoms with Crippen molar-refractivity contribution < 1.29 is 19.5 Å². The molecule has 0 aromatic rings. The fourth-order valence-corrected chi connectivity index (χ4v) is 4.51. The molecule has 2 N–H and O–H groups in total. The van der Waals surface area contributed by atoms with Gasteiger partial charge in [0, 0.05) is 4.75 Å². The highest BCUT2D eigenvalue weighted by molar-refractivity contribution is 8.01. The van der Waals surface area contributed by atoms with Gasteiger partial charge in [0.2, 0.25) is 11.8 Å². The van der Waals surface area contributed by atoms with Gasteiger partial charge in [0.1, 0.15) is 17.5 Å². The maximum atomic E-state index is 12.8. The third-order valence-corrected chi connectivity index (χ3v) is 5.40. The second kappa shape index (κ2) is 6.05. The van der Waals surface area contributed by atoms with Crippen LogP contribution in [-0.4, -0.2) is 68.1 Å². The molecular formula is C15H17N3O4S. The lowest BCUT2D eigenvalue weighted by molar-refractivity contribution is -0.156. The number of terminal acetylenes is 2. The van der Waals surface area contributed by atoms with Crippen LogP contribution in [0.1, 0.15) is 13.8 Å². The van der Waals surface area contributed by atoms with Crippen molar-refractivity contribution in [2.45, 2.75) is 36.1 Å². The molecule has 3 amide bonds. The van der Waals surface area contributed by atoms with Gasteiger partial charge in [-0.05, 0) is 13.8 Å². The van der Waals surface area contributed by atoms with E-state index in [0.29, 0.717) is 0 Å². The molecule has 2 saturated heterocycles. The van der Waals surface area contributed by atoms with Crippen LogP contribution in [0.3, 0.4) is 0 Å². The van der Waals surface area contributed by atoms with Gasteiger partial charge < -0.3 is 20.2 Å². The molecule has 2 heterocycles. The number of rotatable bonds is 4. The topological polar surface area (TPSA) is 90.0 Å². The van der Waals surface area contributed by atoms with Crippen LogP contribution in [0.15, 0.2) is 0 Å². The third kappa shape index (κ3) is 2.82. The number of thioether (sulfide) groups is 1. The van der Waals surface area contributed by atoms with Crippen LogP contribution < -0.4 is 5.32 Å².